The van der Waals surface area contributed by atoms with Crippen LogP contribution in [0.1, 0.15) is 38.3 Å². The fourth-order valence-electron chi connectivity index (χ4n) is 5.33. The molecule has 0 spiro atoms. The van der Waals surface area contributed by atoms with Gasteiger partial charge in [-0.25, -0.2) is 9.78 Å². The highest BCUT2D eigenvalue weighted by atomic mass is 16.5. The number of amides is 1. The van der Waals surface area contributed by atoms with Gasteiger partial charge in [0, 0.05) is 12.0 Å². The molecule has 182 valence electrons. The number of fused-ring (bicyclic) bond motifs is 4. The summed E-state index contributed by atoms with van der Waals surface area (Å²) in [5.41, 5.74) is -0.443. The SMILES string of the molecule is COC(=O)[C@H](C[C@]1(O)c2ccccc2N2C(=O)[C@@H](CC(C)C)N[C@H]21)n1cnc2ccccc2c1=O. The highest BCUT2D eigenvalue weighted by Gasteiger charge is 2.58. The second-order valence-electron chi connectivity index (χ2n) is 9.62. The van der Waals surface area contributed by atoms with Crippen molar-refractivity contribution in [3.05, 3.63) is 70.8 Å². The van der Waals surface area contributed by atoms with Gasteiger partial charge in [0.25, 0.3) is 5.56 Å². The Labute approximate surface area is 202 Å². The number of esters is 1. The third-order valence-corrected chi connectivity index (χ3v) is 6.95. The fourth-order valence-corrected chi connectivity index (χ4v) is 5.33. The first-order valence-electron chi connectivity index (χ1n) is 11.7. The monoisotopic (exact) mass is 476 g/mol. The number of para-hydroxylation sites is 2. The summed E-state index contributed by atoms with van der Waals surface area (Å²) in [6.07, 6.45) is 0.945. The van der Waals surface area contributed by atoms with Crippen molar-refractivity contribution in [2.45, 2.75) is 50.5 Å². The summed E-state index contributed by atoms with van der Waals surface area (Å²) in [5.74, 6) is -0.535. The molecule has 1 saturated heterocycles. The predicted octanol–water partition coefficient (Wildman–Crippen LogP) is 2.08. The number of anilines is 1. The van der Waals surface area contributed by atoms with Crippen LogP contribution in [0.2, 0.25) is 0 Å². The van der Waals surface area contributed by atoms with Crippen LogP contribution in [0.4, 0.5) is 5.69 Å². The van der Waals surface area contributed by atoms with Gasteiger partial charge in [-0.1, -0.05) is 44.2 Å². The van der Waals surface area contributed by atoms with Gasteiger partial charge in [0.15, 0.2) is 0 Å². The lowest BCUT2D eigenvalue weighted by Crippen LogP contribution is -2.51. The molecule has 2 aliphatic heterocycles. The van der Waals surface area contributed by atoms with E-state index in [4.69, 9.17) is 4.74 Å². The molecule has 1 aromatic heterocycles. The molecule has 2 aliphatic rings. The topological polar surface area (TPSA) is 114 Å². The van der Waals surface area contributed by atoms with E-state index >= 15 is 0 Å². The van der Waals surface area contributed by atoms with Crippen molar-refractivity contribution in [3.8, 4) is 0 Å². The molecule has 9 heteroatoms. The molecule has 4 atom stereocenters. The van der Waals surface area contributed by atoms with Gasteiger partial charge in [0.2, 0.25) is 5.91 Å². The van der Waals surface area contributed by atoms with Gasteiger partial charge in [0.05, 0.1) is 36.1 Å². The van der Waals surface area contributed by atoms with E-state index in [0.717, 1.165) is 0 Å². The number of nitrogens with one attached hydrogen (secondary N) is 1. The second kappa shape index (κ2) is 8.58. The Morgan fingerprint density at radius 1 is 1.17 bits per heavy atom. The van der Waals surface area contributed by atoms with Crippen LogP contribution in [-0.2, 0) is 19.9 Å². The molecule has 0 radical (unpaired) electrons. The fraction of sp³-hybridized carbons (Fsp3) is 0.385. The number of aromatic nitrogens is 2. The van der Waals surface area contributed by atoms with Gasteiger partial charge in [0.1, 0.15) is 17.8 Å². The van der Waals surface area contributed by atoms with Crippen molar-refractivity contribution >= 4 is 28.5 Å². The van der Waals surface area contributed by atoms with Gasteiger partial charge in [-0.2, -0.15) is 0 Å². The van der Waals surface area contributed by atoms with Gasteiger partial charge >= 0.3 is 5.97 Å². The number of hydrogen-bond donors (Lipinski definition) is 2. The summed E-state index contributed by atoms with van der Waals surface area (Å²) in [5, 5.41) is 15.8. The van der Waals surface area contributed by atoms with Crippen molar-refractivity contribution in [2.24, 2.45) is 5.92 Å². The molecule has 0 saturated carbocycles. The standard InChI is InChI=1S/C26H28N4O5/c1-15(2)12-19-23(32)30-20-11-7-5-9-17(20)26(34,25(30)28-19)13-21(24(33)35-3)29-14-27-18-10-6-4-8-16(18)22(29)31/h4-11,14-15,19,21,25,28,34H,12-13H2,1-3H3/t19-,21+,25-,26+/m1/s1. The maximum absolute atomic E-state index is 13.3. The Morgan fingerprint density at radius 3 is 2.63 bits per heavy atom. The second-order valence-corrected chi connectivity index (χ2v) is 9.62. The number of hydrogen-bond acceptors (Lipinski definition) is 7. The number of benzene rings is 2. The molecular formula is C26H28N4O5. The van der Waals surface area contributed by atoms with Crippen molar-refractivity contribution in [3.63, 3.8) is 0 Å². The number of rotatable bonds is 6. The first-order chi connectivity index (χ1) is 16.8. The zero-order valence-corrected chi connectivity index (χ0v) is 19.8. The van der Waals surface area contributed by atoms with E-state index in [0.29, 0.717) is 28.6 Å². The van der Waals surface area contributed by atoms with Crippen LogP contribution in [0, 0.1) is 5.92 Å². The maximum Gasteiger partial charge on any atom is 0.329 e. The van der Waals surface area contributed by atoms with E-state index in [1.54, 1.807) is 53.4 Å². The van der Waals surface area contributed by atoms with E-state index in [-0.39, 0.29) is 18.2 Å². The summed E-state index contributed by atoms with van der Waals surface area (Å²) in [4.78, 5) is 45.5. The van der Waals surface area contributed by atoms with Gasteiger partial charge in [-0.15, -0.1) is 0 Å². The molecule has 1 fully saturated rings. The number of carbonyl (C=O) groups excluding carboxylic acids is 2. The van der Waals surface area contributed by atoms with Gasteiger partial charge in [-0.3, -0.25) is 24.4 Å². The lowest BCUT2D eigenvalue weighted by atomic mass is 9.86. The summed E-state index contributed by atoms with van der Waals surface area (Å²) in [6, 6.07) is 12.4. The van der Waals surface area contributed by atoms with Crippen LogP contribution in [0.5, 0.6) is 0 Å². The molecule has 5 rings (SSSR count). The minimum absolute atomic E-state index is 0.119. The van der Waals surface area contributed by atoms with Crippen molar-refractivity contribution in [2.75, 3.05) is 12.0 Å². The van der Waals surface area contributed by atoms with E-state index in [9.17, 15) is 19.5 Å². The first-order valence-corrected chi connectivity index (χ1v) is 11.7. The molecule has 3 aromatic rings. The highest BCUT2D eigenvalue weighted by molar-refractivity contribution is 6.02. The predicted molar refractivity (Wildman–Crippen MR) is 130 cm³/mol. The Morgan fingerprint density at radius 2 is 1.89 bits per heavy atom. The maximum atomic E-state index is 13.3. The Kier molecular flexibility index (Phi) is 5.69. The number of nitrogens with zero attached hydrogens (tertiary/aromatic N) is 3. The zero-order valence-electron chi connectivity index (χ0n) is 19.8. The van der Waals surface area contributed by atoms with Crippen LogP contribution in [0.15, 0.2) is 59.7 Å². The molecule has 3 heterocycles. The van der Waals surface area contributed by atoms with E-state index in [2.05, 4.69) is 10.3 Å². The Balaban J connectivity index is 1.61. The lowest BCUT2D eigenvalue weighted by Gasteiger charge is -2.33. The summed E-state index contributed by atoms with van der Waals surface area (Å²) < 4.78 is 6.25. The summed E-state index contributed by atoms with van der Waals surface area (Å²) in [7, 11) is 1.24. The molecule has 35 heavy (non-hydrogen) atoms. The molecule has 2 aromatic carbocycles. The van der Waals surface area contributed by atoms with Crippen LogP contribution < -0.4 is 15.8 Å². The number of ether oxygens (including phenoxy) is 1. The summed E-state index contributed by atoms with van der Waals surface area (Å²) >= 11 is 0. The third-order valence-electron chi connectivity index (χ3n) is 6.95. The summed E-state index contributed by atoms with van der Waals surface area (Å²) in [6.45, 7) is 4.07. The molecule has 0 aliphatic carbocycles. The smallest absolute Gasteiger partial charge is 0.329 e. The van der Waals surface area contributed by atoms with Gasteiger partial charge in [-0.05, 0) is 30.5 Å². The molecular weight excluding hydrogens is 448 g/mol. The highest BCUT2D eigenvalue weighted by Crippen LogP contribution is 2.49. The van der Waals surface area contributed by atoms with Crippen LogP contribution >= 0.6 is 0 Å². The minimum atomic E-state index is -1.65. The van der Waals surface area contributed by atoms with E-state index in [1.807, 2.05) is 13.8 Å². The van der Waals surface area contributed by atoms with Crippen LogP contribution in [0.25, 0.3) is 10.9 Å². The molecule has 0 bridgehead atoms. The Hall–Kier alpha value is -3.56. The van der Waals surface area contributed by atoms with Crippen LogP contribution in [0.3, 0.4) is 0 Å². The largest absolute Gasteiger partial charge is 0.467 e. The lowest BCUT2D eigenvalue weighted by molar-refractivity contribution is -0.147. The van der Waals surface area contributed by atoms with E-state index < -0.39 is 35.4 Å². The van der Waals surface area contributed by atoms with Crippen molar-refractivity contribution in [1.29, 1.82) is 0 Å². The van der Waals surface area contributed by atoms with Gasteiger partial charge < -0.3 is 9.84 Å². The number of aliphatic hydroxyl groups is 1. The van der Waals surface area contributed by atoms with Crippen molar-refractivity contribution in [1.82, 2.24) is 14.9 Å². The normalized spacial score (nSPS) is 24.0. The molecule has 0 unspecified atom stereocenters. The van der Waals surface area contributed by atoms with Crippen molar-refractivity contribution < 1.29 is 19.4 Å². The molecule has 2 N–H and O–H groups in total. The molecule has 1 amide bonds. The quantitative estimate of drug-likeness (QED) is 0.524. The molecule has 9 nitrogen and oxygen atoms in total. The Bertz CT molecular complexity index is 1370. The average Bonchev–Trinajstić information content (AvgIpc) is 3.30. The zero-order chi connectivity index (χ0) is 24.9. The number of carbonyl (C=O) groups is 2. The van der Waals surface area contributed by atoms with E-state index in [1.165, 1.54) is 18.0 Å². The first kappa shape index (κ1) is 23.2. The van der Waals surface area contributed by atoms with Crippen LogP contribution in [-0.4, -0.2) is 45.9 Å². The number of methoxy groups -OCH3 is 1. The third kappa shape index (κ3) is 3.62. The average molecular weight is 477 g/mol. The minimum Gasteiger partial charge on any atom is -0.467 e.